The molecule has 0 aromatic heterocycles. The predicted octanol–water partition coefficient (Wildman–Crippen LogP) is 3.38. The zero-order chi connectivity index (χ0) is 27.1. The summed E-state index contributed by atoms with van der Waals surface area (Å²) in [6.45, 7) is 2.15. The zero-order valence-electron chi connectivity index (χ0n) is 22.1. The lowest BCUT2D eigenvalue weighted by molar-refractivity contribution is -0.155. The standard InChI is InChI=1S/C31H34N2O6/c1-2-22(19-34)33-27-29(36)32(23-14-13-20-10-6-7-11-21(20)18-23)16-9-15-31(27)26(28(33)35)25-24(39-31)12-5-3-4-8-17-38-30(25)37/h5-7,9-15,18,22,24-27,34H,2-4,8,16-17,19H2,1H3/b12-5-/t22-,24-,25+,26-,27?,31-/m0/s1. The van der Waals surface area contributed by atoms with Crippen LogP contribution in [0, 0.1) is 11.8 Å². The molecule has 6 rings (SSSR count). The monoisotopic (exact) mass is 530 g/mol. The first-order chi connectivity index (χ1) is 19.0. The Morgan fingerprint density at radius 1 is 1.05 bits per heavy atom. The van der Waals surface area contributed by atoms with Gasteiger partial charge in [-0.2, -0.15) is 0 Å². The van der Waals surface area contributed by atoms with Crippen LogP contribution in [0.4, 0.5) is 5.69 Å². The third-order valence-corrected chi connectivity index (χ3v) is 8.66. The number of aliphatic hydroxyl groups excluding tert-OH is 1. The molecule has 2 aromatic carbocycles. The van der Waals surface area contributed by atoms with Gasteiger partial charge in [-0.3, -0.25) is 14.4 Å². The summed E-state index contributed by atoms with van der Waals surface area (Å²) in [5.41, 5.74) is -0.639. The fourth-order valence-electron chi connectivity index (χ4n) is 6.74. The van der Waals surface area contributed by atoms with Crippen molar-refractivity contribution >= 4 is 34.2 Å². The number of rotatable bonds is 4. The Labute approximate surface area is 227 Å². The van der Waals surface area contributed by atoms with Crippen LogP contribution < -0.4 is 4.90 Å². The lowest BCUT2D eigenvalue weighted by Crippen LogP contribution is -2.58. The molecule has 0 bridgehead atoms. The summed E-state index contributed by atoms with van der Waals surface area (Å²) in [7, 11) is 0. The van der Waals surface area contributed by atoms with E-state index in [1.165, 1.54) is 4.90 Å². The SMILES string of the molecule is CC[C@@H](CO)N1C(=O)[C@@H]2[C@@H]3C(=O)OCCCC/C=C\[C@@H]3O[C@@]23C=CCN(c2ccc4ccccc4c2)C(=O)C13. The second-order valence-corrected chi connectivity index (χ2v) is 10.8. The Bertz CT molecular complexity index is 1350. The van der Waals surface area contributed by atoms with Gasteiger partial charge < -0.3 is 24.4 Å². The molecule has 4 aliphatic heterocycles. The maximum Gasteiger partial charge on any atom is 0.312 e. The van der Waals surface area contributed by atoms with Crippen LogP contribution in [0.5, 0.6) is 0 Å². The number of hydrogen-bond acceptors (Lipinski definition) is 6. The number of allylic oxidation sites excluding steroid dienone is 1. The van der Waals surface area contributed by atoms with Crippen LogP contribution in [0.1, 0.15) is 32.6 Å². The van der Waals surface area contributed by atoms with E-state index in [9.17, 15) is 19.5 Å². The number of ether oxygens (including phenoxy) is 2. The molecule has 39 heavy (non-hydrogen) atoms. The highest BCUT2D eigenvalue weighted by molar-refractivity contribution is 6.06. The average molecular weight is 531 g/mol. The molecular formula is C31H34N2O6. The minimum absolute atomic E-state index is 0.287. The second kappa shape index (κ2) is 10.2. The number of nitrogens with zero attached hydrogens (tertiary/aromatic N) is 2. The van der Waals surface area contributed by atoms with Gasteiger partial charge in [0.2, 0.25) is 5.91 Å². The highest BCUT2D eigenvalue weighted by atomic mass is 16.6. The number of benzene rings is 2. The number of hydrogen-bond donors (Lipinski definition) is 1. The molecule has 0 aliphatic carbocycles. The molecule has 4 aliphatic rings. The van der Waals surface area contributed by atoms with Crippen LogP contribution in [-0.2, 0) is 23.9 Å². The first-order valence-corrected chi connectivity index (χ1v) is 13.9. The van der Waals surface area contributed by atoms with Gasteiger partial charge >= 0.3 is 5.97 Å². The van der Waals surface area contributed by atoms with Gasteiger partial charge in [0.05, 0.1) is 31.3 Å². The normalized spacial score (nSPS) is 32.3. The summed E-state index contributed by atoms with van der Waals surface area (Å²) in [5.74, 6) is -2.93. The van der Waals surface area contributed by atoms with Gasteiger partial charge in [0.1, 0.15) is 17.6 Å². The molecule has 8 heteroatoms. The van der Waals surface area contributed by atoms with Crippen molar-refractivity contribution in [2.75, 3.05) is 24.7 Å². The molecule has 8 nitrogen and oxygen atoms in total. The molecule has 2 aromatic rings. The molecule has 1 spiro atoms. The Kier molecular flexibility index (Phi) is 6.77. The lowest BCUT2D eigenvalue weighted by Gasteiger charge is -2.38. The highest BCUT2D eigenvalue weighted by Gasteiger charge is 2.72. The Balaban J connectivity index is 1.47. The van der Waals surface area contributed by atoms with Gasteiger partial charge in [-0.1, -0.05) is 61.6 Å². The van der Waals surface area contributed by atoms with Gasteiger partial charge in [-0.25, -0.2) is 0 Å². The van der Waals surface area contributed by atoms with E-state index in [-0.39, 0.29) is 25.0 Å². The Morgan fingerprint density at radius 2 is 1.87 bits per heavy atom. The van der Waals surface area contributed by atoms with Crippen LogP contribution >= 0.6 is 0 Å². The quantitative estimate of drug-likeness (QED) is 0.481. The fraction of sp³-hybridized carbons (Fsp3) is 0.452. The molecule has 6 atom stereocenters. The second-order valence-electron chi connectivity index (χ2n) is 10.8. The van der Waals surface area contributed by atoms with Crippen LogP contribution in [0.3, 0.4) is 0 Å². The smallest absolute Gasteiger partial charge is 0.312 e. The van der Waals surface area contributed by atoms with Crippen molar-refractivity contribution in [1.29, 1.82) is 0 Å². The molecule has 4 heterocycles. The molecule has 2 amide bonds. The predicted molar refractivity (Wildman–Crippen MR) is 146 cm³/mol. The summed E-state index contributed by atoms with van der Waals surface area (Å²) < 4.78 is 12.3. The van der Waals surface area contributed by atoms with Crippen molar-refractivity contribution in [3.63, 3.8) is 0 Å². The van der Waals surface area contributed by atoms with E-state index < -0.39 is 41.6 Å². The number of aliphatic hydroxyl groups is 1. The van der Waals surface area contributed by atoms with Crippen molar-refractivity contribution in [2.24, 2.45) is 11.8 Å². The van der Waals surface area contributed by atoms with E-state index in [0.29, 0.717) is 18.7 Å². The van der Waals surface area contributed by atoms with E-state index >= 15 is 0 Å². The number of carbonyl (C=O) groups excluding carboxylic acids is 3. The molecule has 2 fully saturated rings. The van der Waals surface area contributed by atoms with Gasteiger partial charge in [0.25, 0.3) is 5.91 Å². The van der Waals surface area contributed by atoms with Crippen molar-refractivity contribution in [1.82, 2.24) is 4.90 Å². The third kappa shape index (κ3) is 4.08. The number of esters is 1. The molecule has 0 saturated carbocycles. The van der Waals surface area contributed by atoms with E-state index in [0.717, 1.165) is 30.0 Å². The highest BCUT2D eigenvalue weighted by Crippen LogP contribution is 2.54. The molecule has 1 N–H and O–H groups in total. The van der Waals surface area contributed by atoms with E-state index in [2.05, 4.69) is 0 Å². The lowest BCUT2D eigenvalue weighted by atomic mass is 9.78. The van der Waals surface area contributed by atoms with Crippen molar-refractivity contribution in [3.8, 4) is 0 Å². The Morgan fingerprint density at radius 3 is 2.67 bits per heavy atom. The minimum Gasteiger partial charge on any atom is -0.465 e. The summed E-state index contributed by atoms with van der Waals surface area (Å²) >= 11 is 0. The summed E-state index contributed by atoms with van der Waals surface area (Å²) in [4.78, 5) is 45.3. The largest absolute Gasteiger partial charge is 0.465 e. The van der Waals surface area contributed by atoms with Gasteiger partial charge in [-0.15, -0.1) is 0 Å². The molecular weight excluding hydrogens is 496 g/mol. The molecule has 0 radical (unpaired) electrons. The summed E-state index contributed by atoms with van der Waals surface area (Å²) in [5, 5.41) is 12.3. The number of fused-ring (bicyclic) bond motifs is 3. The maximum absolute atomic E-state index is 14.5. The van der Waals surface area contributed by atoms with Gasteiger partial charge in [-0.05, 0) is 48.6 Å². The number of amides is 2. The minimum atomic E-state index is -1.35. The van der Waals surface area contributed by atoms with E-state index in [1.54, 1.807) is 4.90 Å². The van der Waals surface area contributed by atoms with E-state index in [1.807, 2.05) is 73.7 Å². The Hall–Kier alpha value is -3.49. The first-order valence-electron chi connectivity index (χ1n) is 13.9. The van der Waals surface area contributed by atoms with Gasteiger partial charge in [0.15, 0.2) is 0 Å². The zero-order valence-corrected chi connectivity index (χ0v) is 22.1. The number of cyclic esters (lactones) is 1. The van der Waals surface area contributed by atoms with Crippen LogP contribution in [0.15, 0.2) is 66.8 Å². The average Bonchev–Trinajstić information content (AvgIpc) is 3.34. The molecule has 1 unspecified atom stereocenters. The summed E-state index contributed by atoms with van der Waals surface area (Å²) in [6, 6.07) is 12.2. The number of carbonyl (C=O) groups is 3. The third-order valence-electron chi connectivity index (χ3n) is 8.66. The fourth-order valence-corrected chi connectivity index (χ4v) is 6.74. The van der Waals surface area contributed by atoms with Crippen molar-refractivity contribution in [3.05, 3.63) is 66.8 Å². The molecule has 2 saturated heterocycles. The van der Waals surface area contributed by atoms with Gasteiger partial charge in [0, 0.05) is 12.2 Å². The molecule has 204 valence electrons. The maximum atomic E-state index is 14.5. The van der Waals surface area contributed by atoms with Crippen molar-refractivity contribution < 1.29 is 29.0 Å². The van der Waals surface area contributed by atoms with Crippen LogP contribution in [0.2, 0.25) is 0 Å². The number of likely N-dealkylation sites (tertiary alicyclic amines) is 1. The number of anilines is 1. The summed E-state index contributed by atoms with van der Waals surface area (Å²) in [6.07, 6.45) is 9.75. The van der Waals surface area contributed by atoms with Crippen LogP contribution in [0.25, 0.3) is 10.8 Å². The topological polar surface area (TPSA) is 96.4 Å². The van der Waals surface area contributed by atoms with E-state index in [4.69, 9.17) is 9.47 Å². The first kappa shape index (κ1) is 25.8. The van der Waals surface area contributed by atoms with Crippen molar-refractivity contribution in [2.45, 2.75) is 56.4 Å². The van der Waals surface area contributed by atoms with Crippen LogP contribution in [-0.4, -0.2) is 71.3 Å².